The number of nitrogens with zero attached hydrogens (tertiary/aromatic N) is 1. The zero-order chi connectivity index (χ0) is 15.6. The van der Waals surface area contributed by atoms with Gasteiger partial charge in [-0.3, -0.25) is 4.79 Å². The normalized spacial score (nSPS) is 15.0. The predicted molar refractivity (Wildman–Crippen MR) is 76.5 cm³/mol. The molecular formula is C16H20KNO4. The van der Waals surface area contributed by atoms with E-state index < -0.39 is 17.5 Å². The Hall–Kier alpha value is -0.244. The molecule has 0 aromatic heterocycles. The summed E-state index contributed by atoms with van der Waals surface area (Å²) in [5, 5.41) is 20.9. The molecule has 0 radical (unpaired) electrons. The predicted octanol–water partition coefficient (Wildman–Crippen LogP) is -2.50. The molecule has 114 valence electrons. The van der Waals surface area contributed by atoms with Crippen LogP contribution in [0.3, 0.4) is 0 Å². The largest absolute Gasteiger partial charge is 1.00 e. The molecule has 2 rings (SSSR count). The number of rotatable bonds is 5. The molecule has 22 heavy (non-hydrogen) atoms. The van der Waals surface area contributed by atoms with Crippen molar-refractivity contribution in [3.05, 3.63) is 29.8 Å². The second-order valence-electron chi connectivity index (χ2n) is 6.16. The number of hydrogen-bond donors (Lipinski definition) is 1. The van der Waals surface area contributed by atoms with Gasteiger partial charge in [-0.25, -0.2) is 0 Å². The molecule has 1 amide bonds. The van der Waals surface area contributed by atoms with Crippen LogP contribution in [0.4, 0.5) is 5.69 Å². The molecule has 6 heteroatoms. The molecular weight excluding hydrogens is 309 g/mol. The second-order valence-corrected chi connectivity index (χ2v) is 6.16. The van der Waals surface area contributed by atoms with Crippen molar-refractivity contribution in [2.24, 2.45) is 5.92 Å². The first-order chi connectivity index (χ1) is 9.78. The Bertz CT molecular complexity index is 553. The van der Waals surface area contributed by atoms with Gasteiger partial charge in [0.1, 0.15) is 0 Å². The number of amides is 1. The summed E-state index contributed by atoms with van der Waals surface area (Å²) < 4.78 is 0. The zero-order valence-corrected chi connectivity index (χ0v) is 16.5. The maximum atomic E-state index is 12.4. The van der Waals surface area contributed by atoms with E-state index in [1.807, 2.05) is 24.3 Å². The fourth-order valence-electron chi connectivity index (χ4n) is 2.76. The van der Waals surface area contributed by atoms with Crippen LogP contribution in [0, 0.1) is 5.92 Å². The molecule has 1 aromatic rings. The molecule has 1 atom stereocenters. The molecule has 1 aliphatic heterocycles. The van der Waals surface area contributed by atoms with Crippen LogP contribution in [0.15, 0.2) is 24.3 Å². The van der Waals surface area contributed by atoms with Gasteiger partial charge in [0.2, 0.25) is 5.91 Å². The van der Waals surface area contributed by atoms with Gasteiger partial charge in [0.25, 0.3) is 0 Å². The van der Waals surface area contributed by atoms with Crippen LogP contribution in [0.5, 0.6) is 0 Å². The molecule has 1 heterocycles. The number of para-hydroxylation sites is 1. The molecule has 0 aliphatic carbocycles. The van der Waals surface area contributed by atoms with Crippen LogP contribution in [-0.2, 0) is 16.0 Å². The summed E-state index contributed by atoms with van der Waals surface area (Å²) in [6, 6.07) is 7.61. The molecule has 0 bridgehead atoms. The third kappa shape index (κ3) is 5.14. The van der Waals surface area contributed by atoms with Crippen LogP contribution >= 0.6 is 0 Å². The Kier molecular flexibility index (Phi) is 7.23. The first-order valence-corrected chi connectivity index (χ1v) is 7.09. The van der Waals surface area contributed by atoms with E-state index in [1.165, 1.54) is 13.8 Å². The van der Waals surface area contributed by atoms with Gasteiger partial charge in [-0.2, -0.15) is 0 Å². The number of carboxylic acid groups (broad SMARTS) is 1. The minimum atomic E-state index is -1.29. The van der Waals surface area contributed by atoms with Gasteiger partial charge in [-0.1, -0.05) is 18.2 Å². The summed E-state index contributed by atoms with van der Waals surface area (Å²) in [5.74, 6) is -2.51. The number of aliphatic hydroxyl groups is 1. The molecule has 0 saturated heterocycles. The standard InChI is InChI=1S/C16H21NO4.K/c1-16(2,21)10-12(15(19)20)9-14(18)17-8-7-11-5-3-4-6-13(11)17;/h3-6,12,21H,7-10H2,1-2H3,(H,19,20);/q;+1/p-1. The van der Waals surface area contributed by atoms with Gasteiger partial charge in [0.15, 0.2) is 0 Å². The summed E-state index contributed by atoms with van der Waals surface area (Å²) in [6.07, 6.45) is 0.626. The van der Waals surface area contributed by atoms with Crippen LogP contribution in [0.2, 0.25) is 0 Å². The van der Waals surface area contributed by atoms with E-state index in [4.69, 9.17) is 0 Å². The maximum absolute atomic E-state index is 12.4. The summed E-state index contributed by atoms with van der Waals surface area (Å²) in [4.78, 5) is 25.2. The minimum absolute atomic E-state index is 0. The van der Waals surface area contributed by atoms with Crippen molar-refractivity contribution in [1.82, 2.24) is 0 Å². The van der Waals surface area contributed by atoms with Crippen molar-refractivity contribution in [2.45, 2.75) is 38.7 Å². The first-order valence-electron chi connectivity index (χ1n) is 7.09. The van der Waals surface area contributed by atoms with Gasteiger partial charge in [-0.15, -0.1) is 0 Å². The smallest absolute Gasteiger partial charge is 0.550 e. The SMILES string of the molecule is CC(C)(O)CC(CC(=O)N1CCc2ccccc21)C(=O)[O-].[K+]. The number of carbonyl (C=O) groups is 2. The molecule has 0 fully saturated rings. The third-order valence-electron chi connectivity index (χ3n) is 3.69. The summed E-state index contributed by atoms with van der Waals surface area (Å²) in [6.45, 7) is 3.62. The maximum Gasteiger partial charge on any atom is 1.00 e. The topological polar surface area (TPSA) is 80.7 Å². The number of fused-ring (bicyclic) bond motifs is 1. The fourth-order valence-corrected chi connectivity index (χ4v) is 2.76. The van der Waals surface area contributed by atoms with E-state index in [0.717, 1.165) is 17.7 Å². The third-order valence-corrected chi connectivity index (χ3v) is 3.69. The van der Waals surface area contributed by atoms with Crippen molar-refractivity contribution < 1.29 is 71.2 Å². The Morgan fingerprint density at radius 3 is 2.59 bits per heavy atom. The van der Waals surface area contributed by atoms with E-state index in [0.29, 0.717) is 6.54 Å². The van der Waals surface area contributed by atoms with Crippen molar-refractivity contribution in [3.8, 4) is 0 Å². The Morgan fingerprint density at radius 1 is 1.36 bits per heavy atom. The number of hydrogen-bond acceptors (Lipinski definition) is 4. The Balaban J connectivity index is 0.00000242. The average Bonchev–Trinajstić information content (AvgIpc) is 2.80. The van der Waals surface area contributed by atoms with Crippen LogP contribution in [0.1, 0.15) is 32.3 Å². The number of carbonyl (C=O) groups excluding carboxylic acids is 2. The summed E-state index contributed by atoms with van der Waals surface area (Å²) in [7, 11) is 0. The quantitative estimate of drug-likeness (QED) is 0.606. The van der Waals surface area contributed by atoms with Crippen molar-refractivity contribution >= 4 is 17.6 Å². The first kappa shape index (κ1) is 19.8. The number of anilines is 1. The Morgan fingerprint density at radius 2 is 2.00 bits per heavy atom. The van der Waals surface area contributed by atoms with E-state index in [-0.39, 0.29) is 70.1 Å². The van der Waals surface area contributed by atoms with Crippen LogP contribution in [0.25, 0.3) is 0 Å². The van der Waals surface area contributed by atoms with E-state index in [2.05, 4.69) is 0 Å². The molecule has 1 aliphatic rings. The van der Waals surface area contributed by atoms with E-state index in [9.17, 15) is 19.8 Å². The summed E-state index contributed by atoms with van der Waals surface area (Å²) in [5.41, 5.74) is 0.801. The van der Waals surface area contributed by atoms with Crippen molar-refractivity contribution in [3.63, 3.8) is 0 Å². The van der Waals surface area contributed by atoms with Gasteiger partial charge < -0.3 is 19.9 Å². The fraction of sp³-hybridized carbons (Fsp3) is 0.500. The molecule has 1 N–H and O–H groups in total. The van der Waals surface area contributed by atoms with Gasteiger partial charge in [-0.05, 0) is 38.3 Å². The molecule has 1 aromatic carbocycles. The molecule has 0 saturated carbocycles. The number of carboxylic acids is 1. The van der Waals surface area contributed by atoms with Crippen molar-refractivity contribution in [2.75, 3.05) is 11.4 Å². The molecule has 1 unspecified atom stereocenters. The minimum Gasteiger partial charge on any atom is -0.550 e. The monoisotopic (exact) mass is 329 g/mol. The van der Waals surface area contributed by atoms with E-state index in [1.54, 1.807) is 4.90 Å². The second kappa shape index (κ2) is 8.03. The van der Waals surface area contributed by atoms with Gasteiger partial charge >= 0.3 is 51.4 Å². The van der Waals surface area contributed by atoms with Gasteiger partial charge in [0, 0.05) is 30.5 Å². The van der Waals surface area contributed by atoms with Gasteiger partial charge in [0.05, 0.1) is 5.60 Å². The zero-order valence-electron chi connectivity index (χ0n) is 13.3. The Labute approximate surface area is 173 Å². The molecule has 0 spiro atoms. The van der Waals surface area contributed by atoms with Crippen LogP contribution < -0.4 is 61.4 Å². The molecule has 5 nitrogen and oxygen atoms in total. The average molecular weight is 329 g/mol. The number of aliphatic carboxylic acids is 1. The summed E-state index contributed by atoms with van der Waals surface area (Å²) >= 11 is 0. The van der Waals surface area contributed by atoms with E-state index >= 15 is 0 Å². The number of benzene rings is 1. The van der Waals surface area contributed by atoms with Crippen molar-refractivity contribution in [1.29, 1.82) is 0 Å². The van der Waals surface area contributed by atoms with Crippen LogP contribution in [-0.4, -0.2) is 29.1 Å².